The maximum Gasteiger partial charge on any atom is 0.319 e. The highest BCUT2D eigenvalue weighted by Crippen LogP contribution is 2.40. The Labute approximate surface area is 168 Å². The Balaban J connectivity index is 2.39. The average molecular weight is 385 g/mol. The van der Waals surface area contributed by atoms with Gasteiger partial charge in [-0.15, -0.1) is 0 Å². The van der Waals surface area contributed by atoms with Crippen LogP contribution in [-0.4, -0.2) is 16.2 Å². The second kappa shape index (κ2) is 7.86. The molecule has 0 aliphatic heterocycles. The SMILES string of the molecule is CCC(C(=O)Oc1cccc(C(C)(C)C)c1O)c1cccc(C(C)(C)C)c1O. The Morgan fingerprint density at radius 2 is 1.39 bits per heavy atom. The van der Waals surface area contributed by atoms with Crippen LogP contribution in [0.4, 0.5) is 0 Å². The molecule has 4 heteroatoms. The third-order valence-electron chi connectivity index (χ3n) is 4.96. The van der Waals surface area contributed by atoms with E-state index in [1.54, 1.807) is 18.2 Å². The maximum atomic E-state index is 12.9. The van der Waals surface area contributed by atoms with Crippen molar-refractivity contribution in [2.45, 2.75) is 71.6 Å². The van der Waals surface area contributed by atoms with Crippen LogP contribution < -0.4 is 4.74 Å². The van der Waals surface area contributed by atoms with Gasteiger partial charge in [-0.25, -0.2) is 0 Å². The molecule has 0 aliphatic rings. The summed E-state index contributed by atoms with van der Waals surface area (Å²) in [6.45, 7) is 13.9. The highest BCUT2D eigenvalue weighted by Gasteiger charge is 2.29. The lowest BCUT2D eigenvalue weighted by molar-refractivity contribution is -0.136. The number of hydrogen-bond acceptors (Lipinski definition) is 4. The minimum absolute atomic E-state index is 0.0223. The Bertz CT molecular complexity index is 854. The van der Waals surface area contributed by atoms with Crippen LogP contribution in [0, 0.1) is 0 Å². The zero-order valence-corrected chi connectivity index (χ0v) is 18.0. The van der Waals surface area contributed by atoms with Gasteiger partial charge in [0.05, 0.1) is 5.92 Å². The summed E-state index contributed by atoms with van der Waals surface area (Å²) < 4.78 is 5.57. The normalized spacial score (nSPS) is 13.2. The topological polar surface area (TPSA) is 66.8 Å². The van der Waals surface area contributed by atoms with E-state index in [0.29, 0.717) is 17.5 Å². The first-order chi connectivity index (χ1) is 12.9. The number of carbonyl (C=O) groups is 1. The summed E-state index contributed by atoms with van der Waals surface area (Å²) in [5, 5.41) is 21.4. The lowest BCUT2D eigenvalue weighted by atomic mass is 9.83. The highest BCUT2D eigenvalue weighted by atomic mass is 16.5. The third-order valence-corrected chi connectivity index (χ3v) is 4.96. The number of carbonyl (C=O) groups excluding carboxylic acids is 1. The molecule has 0 aromatic heterocycles. The van der Waals surface area contributed by atoms with Gasteiger partial charge in [0.2, 0.25) is 0 Å². The average Bonchev–Trinajstić information content (AvgIpc) is 2.56. The zero-order chi connectivity index (χ0) is 21.3. The van der Waals surface area contributed by atoms with Crippen LogP contribution in [0.1, 0.15) is 77.5 Å². The van der Waals surface area contributed by atoms with Gasteiger partial charge in [-0.2, -0.15) is 0 Å². The molecule has 0 saturated heterocycles. The fraction of sp³-hybridized carbons (Fsp3) is 0.458. The minimum atomic E-state index is -0.625. The molecular formula is C24H32O4. The molecule has 2 N–H and O–H groups in total. The van der Waals surface area contributed by atoms with E-state index in [-0.39, 0.29) is 28.1 Å². The van der Waals surface area contributed by atoms with Gasteiger partial charge < -0.3 is 14.9 Å². The van der Waals surface area contributed by atoms with E-state index in [4.69, 9.17) is 4.74 Å². The molecule has 0 heterocycles. The van der Waals surface area contributed by atoms with Crippen molar-refractivity contribution < 1.29 is 19.7 Å². The predicted octanol–water partition coefficient (Wildman–Crippen LogP) is 5.79. The van der Waals surface area contributed by atoms with E-state index in [9.17, 15) is 15.0 Å². The minimum Gasteiger partial charge on any atom is -0.507 e. The second-order valence-electron chi connectivity index (χ2n) is 9.28. The summed E-state index contributed by atoms with van der Waals surface area (Å²) in [6, 6.07) is 10.6. The van der Waals surface area contributed by atoms with E-state index in [2.05, 4.69) is 0 Å². The van der Waals surface area contributed by atoms with Crippen LogP contribution in [-0.2, 0) is 15.6 Å². The first-order valence-corrected chi connectivity index (χ1v) is 9.74. The number of para-hydroxylation sites is 2. The molecule has 2 aromatic carbocycles. The summed E-state index contributed by atoms with van der Waals surface area (Å²) in [5.41, 5.74) is 1.51. The molecule has 28 heavy (non-hydrogen) atoms. The third kappa shape index (κ3) is 4.49. The number of phenols is 2. The lowest BCUT2D eigenvalue weighted by Gasteiger charge is -2.24. The predicted molar refractivity (Wildman–Crippen MR) is 112 cm³/mol. The summed E-state index contributed by atoms with van der Waals surface area (Å²) in [4.78, 5) is 12.9. The standard InChI is InChI=1S/C24H32O4/c1-8-15(16-11-9-12-17(20(16)25)23(2,3)4)22(27)28-19-14-10-13-18(21(19)26)24(5,6)7/h9-15,25-26H,8H2,1-7H3. The Morgan fingerprint density at radius 1 is 0.893 bits per heavy atom. The molecule has 4 nitrogen and oxygen atoms in total. The van der Waals surface area contributed by atoms with Gasteiger partial charge in [0.25, 0.3) is 0 Å². The largest absolute Gasteiger partial charge is 0.507 e. The van der Waals surface area contributed by atoms with Crippen LogP contribution in [0.15, 0.2) is 36.4 Å². The maximum absolute atomic E-state index is 12.9. The monoisotopic (exact) mass is 384 g/mol. The van der Waals surface area contributed by atoms with Gasteiger partial charge in [-0.3, -0.25) is 4.79 Å². The molecular weight excluding hydrogens is 352 g/mol. The van der Waals surface area contributed by atoms with Crippen LogP contribution in [0.3, 0.4) is 0 Å². The molecule has 152 valence electrons. The molecule has 0 fully saturated rings. The number of aromatic hydroxyl groups is 2. The number of rotatable bonds is 4. The number of esters is 1. The van der Waals surface area contributed by atoms with E-state index < -0.39 is 11.9 Å². The van der Waals surface area contributed by atoms with Crippen LogP contribution in [0.25, 0.3) is 0 Å². The van der Waals surface area contributed by atoms with Crippen LogP contribution in [0.5, 0.6) is 17.2 Å². The smallest absolute Gasteiger partial charge is 0.319 e. The fourth-order valence-corrected chi connectivity index (χ4v) is 3.35. The lowest BCUT2D eigenvalue weighted by Crippen LogP contribution is -2.20. The van der Waals surface area contributed by atoms with E-state index in [1.807, 2.05) is 66.7 Å². The number of phenolic OH excluding ortho intramolecular Hbond substituents is 2. The van der Waals surface area contributed by atoms with Gasteiger partial charge in [0.1, 0.15) is 5.75 Å². The van der Waals surface area contributed by atoms with Gasteiger partial charge in [-0.05, 0) is 28.9 Å². The van der Waals surface area contributed by atoms with Crippen molar-refractivity contribution in [1.82, 2.24) is 0 Å². The van der Waals surface area contributed by atoms with Crippen molar-refractivity contribution in [2.24, 2.45) is 0 Å². The first kappa shape index (κ1) is 21.8. The fourth-order valence-electron chi connectivity index (χ4n) is 3.35. The molecule has 0 spiro atoms. The van der Waals surface area contributed by atoms with E-state index in [1.165, 1.54) is 0 Å². The Kier molecular flexibility index (Phi) is 6.12. The first-order valence-electron chi connectivity index (χ1n) is 9.74. The van der Waals surface area contributed by atoms with Crippen LogP contribution >= 0.6 is 0 Å². The Morgan fingerprint density at radius 3 is 1.89 bits per heavy atom. The van der Waals surface area contributed by atoms with Crippen molar-refractivity contribution in [3.05, 3.63) is 53.1 Å². The van der Waals surface area contributed by atoms with Crippen molar-refractivity contribution in [2.75, 3.05) is 0 Å². The quantitative estimate of drug-likeness (QED) is 0.517. The van der Waals surface area contributed by atoms with Crippen molar-refractivity contribution in [1.29, 1.82) is 0 Å². The molecule has 1 atom stereocenters. The molecule has 0 aliphatic carbocycles. The molecule has 0 radical (unpaired) electrons. The summed E-state index contributed by atoms with van der Waals surface area (Å²) >= 11 is 0. The van der Waals surface area contributed by atoms with Crippen molar-refractivity contribution in [3.8, 4) is 17.2 Å². The van der Waals surface area contributed by atoms with Gasteiger partial charge in [0.15, 0.2) is 11.5 Å². The second-order valence-corrected chi connectivity index (χ2v) is 9.28. The molecule has 2 rings (SSSR count). The van der Waals surface area contributed by atoms with Crippen LogP contribution in [0.2, 0.25) is 0 Å². The molecule has 1 unspecified atom stereocenters. The molecule has 0 amide bonds. The molecule has 2 aromatic rings. The zero-order valence-electron chi connectivity index (χ0n) is 18.0. The summed E-state index contributed by atoms with van der Waals surface area (Å²) in [7, 11) is 0. The number of ether oxygens (including phenoxy) is 1. The van der Waals surface area contributed by atoms with Crippen molar-refractivity contribution >= 4 is 5.97 Å². The highest BCUT2D eigenvalue weighted by molar-refractivity contribution is 5.82. The van der Waals surface area contributed by atoms with Gasteiger partial charge >= 0.3 is 5.97 Å². The van der Waals surface area contributed by atoms with Gasteiger partial charge in [-0.1, -0.05) is 78.8 Å². The van der Waals surface area contributed by atoms with E-state index in [0.717, 1.165) is 5.56 Å². The van der Waals surface area contributed by atoms with Crippen molar-refractivity contribution in [3.63, 3.8) is 0 Å². The number of hydrogen-bond donors (Lipinski definition) is 2. The van der Waals surface area contributed by atoms with Gasteiger partial charge in [0, 0.05) is 11.1 Å². The molecule has 0 bridgehead atoms. The molecule has 0 saturated carbocycles. The Hall–Kier alpha value is -2.49. The number of benzene rings is 2. The summed E-state index contributed by atoms with van der Waals surface area (Å²) in [5.74, 6) is -0.870. The van der Waals surface area contributed by atoms with E-state index >= 15 is 0 Å². The summed E-state index contributed by atoms with van der Waals surface area (Å²) in [6.07, 6.45) is 0.472.